The number of unbranched alkanes of at least 4 members (excludes halogenated alkanes) is 2. The molecule has 0 spiro atoms. The lowest BCUT2D eigenvalue weighted by Gasteiger charge is -2.21. The minimum Gasteiger partial charge on any atom is -0.481 e. The lowest BCUT2D eigenvalue weighted by atomic mass is 9.88. The molecule has 150 valence electrons. The molecule has 2 aliphatic rings. The van der Waals surface area contributed by atoms with E-state index in [-0.39, 0.29) is 35.5 Å². The van der Waals surface area contributed by atoms with E-state index in [1.807, 2.05) is 0 Å². The van der Waals surface area contributed by atoms with Crippen molar-refractivity contribution in [2.45, 2.75) is 94.8 Å². The monoisotopic (exact) mass is 430 g/mol. The Morgan fingerprint density at radius 2 is 2.04 bits per heavy atom. The first kappa shape index (κ1) is 21.9. The summed E-state index contributed by atoms with van der Waals surface area (Å²) < 4.78 is 6.20. The highest BCUT2D eigenvalue weighted by Gasteiger charge is 2.49. The molecule has 26 heavy (non-hydrogen) atoms. The van der Waals surface area contributed by atoms with E-state index in [9.17, 15) is 9.90 Å². The Hall–Kier alpha value is -0.390. The zero-order valence-electron chi connectivity index (χ0n) is 16.1. The van der Waals surface area contributed by atoms with E-state index < -0.39 is 5.97 Å². The first-order chi connectivity index (χ1) is 12.4. The van der Waals surface area contributed by atoms with Crippen molar-refractivity contribution >= 4 is 21.9 Å². The molecule has 2 rings (SSSR count). The smallest absolute Gasteiger partial charge is 0.303 e. The van der Waals surface area contributed by atoms with Crippen molar-refractivity contribution in [3.05, 3.63) is 12.2 Å². The summed E-state index contributed by atoms with van der Waals surface area (Å²) in [6.45, 7) is 4.49. The molecule has 0 unspecified atom stereocenters. The Balaban J connectivity index is 1.82. The number of fused-ring (bicyclic) bond motifs is 1. The maximum Gasteiger partial charge on any atom is 0.303 e. The summed E-state index contributed by atoms with van der Waals surface area (Å²) in [7, 11) is 0. The predicted molar refractivity (Wildman–Crippen MR) is 108 cm³/mol. The molecule has 1 aliphatic carbocycles. The van der Waals surface area contributed by atoms with Crippen LogP contribution < -0.4 is 0 Å². The van der Waals surface area contributed by atoms with Crippen molar-refractivity contribution in [3.8, 4) is 0 Å². The number of ether oxygens (including phenoxy) is 1. The van der Waals surface area contributed by atoms with Gasteiger partial charge in [-0.25, -0.2) is 0 Å². The van der Waals surface area contributed by atoms with Crippen LogP contribution >= 0.6 is 15.9 Å². The third-order valence-electron chi connectivity index (χ3n) is 5.94. The number of rotatable bonds is 11. The Morgan fingerprint density at radius 1 is 1.27 bits per heavy atom. The predicted octanol–water partition coefficient (Wildman–Crippen LogP) is 4.93. The number of carboxylic acids is 1. The van der Waals surface area contributed by atoms with Crippen LogP contribution in [0.2, 0.25) is 0 Å². The van der Waals surface area contributed by atoms with Crippen LogP contribution in [0.15, 0.2) is 12.2 Å². The molecule has 1 aliphatic heterocycles. The van der Waals surface area contributed by atoms with Gasteiger partial charge >= 0.3 is 5.97 Å². The van der Waals surface area contributed by atoms with Crippen LogP contribution in [0.5, 0.6) is 0 Å². The summed E-state index contributed by atoms with van der Waals surface area (Å²) in [5.74, 6) is 0.395. The average molecular weight is 431 g/mol. The molecular formula is C21H35BrO4. The van der Waals surface area contributed by atoms with E-state index in [4.69, 9.17) is 9.84 Å². The second-order valence-electron chi connectivity index (χ2n) is 8.15. The highest BCUT2D eigenvalue weighted by Crippen LogP contribution is 2.46. The lowest BCUT2D eigenvalue weighted by molar-refractivity contribution is -0.137. The number of alkyl halides is 1. The SMILES string of the molecule is CCCCC[C@H](C)/C=C/[C@@H]1[C@H]2C[C@@H]([C@@H](Br)CCCC(=O)O)O[C@H]2C[C@H]1O. The van der Waals surface area contributed by atoms with E-state index in [2.05, 4.69) is 41.9 Å². The standard InChI is InChI=1S/C21H35BrO4/c1-3-4-5-7-14(2)10-11-15-16-12-20(26-19(16)13-18(15)23)17(22)8-6-9-21(24)25/h10-11,14-20,23H,3-9,12-13H2,1-2H3,(H,24,25)/b11-10+/t14-,15+,16+,17-,18+,19-,20-/m0/s1. The topological polar surface area (TPSA) is 66.8 Å². The van der Waals surface area contributed by atoms with Crippen LogP contribution in [0.3, 0.4) is 0 Å². The molecule has 0 aromatic heterocycles. The fourth-order valence-corrected chi connectivity index (χ4v) is 5.05. The van der Waals surface area contributed by atoms with Crippen molar-refractivity contribution in [3.63, 3.8) is 0 Å². The van der Waals surface area contributed by atoms with Crippen LogP contribution in [-0.2, 0) is 9.53 Å². The molecule has 1 saturated heterocycles. The van der Waals surface area contributed by atoms with Crippen molar-refractivity contribution < 1.29 is 19.7 Å². The number of carbonyl (C=O) groups is 1. The molecule has 1 heterocycles. The average Bonchev–Trinajstić information content (AvgIpc) is 3.10. The van der Waals surface area contributed by atoms with Gasteiger partial charge in [-0.1, -0.05) is 61.2 Å². The number of hydrogen-bond donors (Lipinski definition) is 2. The minimum atomic E-state index is -0.740. The van der Waals surface area contributed by atoms with Gasteiger partial charge in [-0.15, -0.1) is 0 Å². The maximum absolute atomic E-state index is 10.7. The minimum absolute atomic E-state index is 0.129. The molecule has 1 saturated carbocycles. The van der Waals surface area contributed by atoms with E-state index in [1.165, 1.54) is 25.7 Å². The highest BCUT2D eigenvalue weighted by molar-refractivity contribution is 9.09. The third kappa shape index (κ3) is 6.35. The number of aliphatic carboxylic acids is 1. The molecule has 0 aromatic carbocycles. The molecule has 0 bridgehead atoms. The highest BCUT2D eigenvalue weighted by atomic mass is 79.9. The molecule has 2 fully saturated rings. The van der Waals surface area contributed by atoms with Gasteiger partial charge in [0.2, 0.25) is 0 Å². The normalized spacial score (nSPS) is 33.5. The summed E-state index contributed by atoms with van der Waals surface area (Å²) >= 11 is 3.70. The second kappa shape index (κ2) is 10.8. The van der Waals surface area contributed by atoms with Crippen molar-refractivity contribution in [2.75, 3.05) is 0 Å². The summed E-state index contributed by atoms with van der Waals surface area (Å²) in [5, 5.41) is 19.2. The third-order valence-corrected chi connectivity index (χ3v) is 6.99. The zero-order chi connectivity index (χ0) is 19.1. The molecule has 5 heteroatoms. The summed E-state index contributed by atoms with van der Waals surface area (Å²) in [6.07, 6.45) is 12.9. The van der Waals surface area contributed by atoms with Crippen LogP contribution in [0.25, 0.3) is 0 Å². The number of allylic oxidation sites excluding steroid dienone is 1. The zero-order valence-corrected chi connectivity index (χ0v) is 17.7. The van der Waals surface area contributed by atoms with E-state index in [0.717, 1.165) is 19.3 Å². The first-order valence-electron chi connectivity index (χ1n) is 10.3. The maximum atomic E-state index is 10.7. The molecule has 2 N–H and O–H groups in total. The fraction of sp³-hybridized carbons (Fsp3) is 0.857. The van der Waals surface area contributed by atoms with Gasteiger partial charge in [0.1, 0.15) is 0 Å². The summed E-state index contributed by atoms with van der Waals surface area (Å²) in [6, 6.07) is 0. The first-order valence-corrected chi connectivity index (χ1v) is 11.2. The van der Waals surface area contributed by atoms with Crippen molar-refractivity contribution in [1.29, 1.82) is 0 Å². The van der Waals surface area contributed by atoms with Gasteiger partial charge in [0.05, 0.1) is 18.3 Å². The lowest BCUT2D eigenvalue weighted by Crippen LogP contribution is -2.24. The molecule has 7 atom stereocenters. The van der Waals surface area contributed by atoms with Crippen LogP contribution in [0.4, 0.5) is 0 Å². The Labute approximate surface area is 166 Å². The van der Waals surface area contributed by atoms with Crippen molar-refractivity contribution in [1.82, 2.24) is 0 Å². The molecule has 0 aromatic rings. The van der Waals surface area contributed by atoms with Gasteiger partial charge in [-0.05, 0) is 37.5 Å². The van der Waals surface area contributed by atoms with E-state index >= 15 is 0 Å². The summed E-state index contributed by atoms with van der Waals surface area (Å²) in [4.78, 5) is 10.9. The van der Waals surface area contributed by atoms with Crippen LogP contribution in [-0.4, -0.2) is 39.3 Å². The number of aliphatic hydroxyl groups is 1. The van der Waals surface area contributed by atoms with Gasteiger partial charge in [0, 0.05) is 23.6 Å². The van der Waals surface area contributed by atoms with Crippen molar-refractivity contribution in [2.24, 2.45) is 17.8 Å². The fourth-order valence-electron chi connectivity index (χ4n) is 4.39. The Bertz CT molecular complexity index is 467. The van der Waals surface area contributed by atoms with Gasteiger partial charge in [-0.3, -0.25) is 4.79 Å². The van der Waals surface area contributed by atoms with Gasteiger partial charge in [0.15, 0.2) is 0 Å². The van der Waals surface area contributed by atoms with Crippen LogP contribution in [0.1, 0.15) is 71.6 Å². The van der Waals surface area contributed by atoms with Crippen LogP contribution in [0, 0.1) is 17.8 Å². The van der Waals surface area contributed by atoms with E-state index in [1.54, 1.807) is 0 Å². The molecular weight excluding hydrogens is 396 g/mol. The summed E-state index contributed by atoms with van der Waals surface area (Å²) in [5.41, 5.74) is 0. The number of hydrogen-bond acceptors (Lipinski definition) is 3. The van der Waals surface area contributed by atoms with Gasteiger partial charge in [0.25, 0.3) is 0 Å². The Morgan fingerprint density at radius 3 is 2.73 bits per heavy atom. The number of aliphatic hydroxyl groups excluding tert-OH is 1. The van der Waals surface area contributed by atoms with Gasteiger partial charge in [-0.2, -0.15) is 0 Å². The molecule has 4 nitrogen and oxygen atoms in total. The van der Waals surface area contributed by atoms with Gasteiger partial charge < -0.3 is 14.9 Å². The van der Waals surface area contributed by atoms with E-state index in [0.29, 0.717) is 18.3 Å². The molecule has 0 radical (unpaired) electrons. The second-order valence-corrected chi connectivity index (χ2v) is 9.33. The Kier molecular flexibility index (Phi) is 9.11. The molecule has 0 amide bonds. The quantitative estimate of drug-likeness (QED) is 0.277. The number of carboxylic acid groups (broad SMARTS) is 1. The number of halogens is 1. The largest absolute Gasteiger partial charge is 0.481 e.